The molecule has 0 fully saturated rings. The van der Waals surface area contributed by atoms with E-state index in [1.165, 1.54) is 11.6 Å². The standard InChI is InChI=1S/C12H14O2/c1-4-11-10(6-5-9(2)3)7-8-12(13)14-11/h4-8H,1-3H3/b10-6-,11-4+. The van der Waals surface area contributed by atoms with E-state index in [1.807, 2.05) is 32.9 Å². The molecule has 1 aromatic heterocycles. The van der Waals surface area contributed by atoms with Crippen LogP contribution in [0.15, 0.2) is 33.0 Å². The van der Waals surface area contributed by atoms with Gasteiger partial charge in [-0.25, -0.2) is 4.79 Å². The predicted octanol–water partition coefficient (Wildman–Crippen LogP) is 1.19. The Morgan fingerprint density at radius 3 is 2.64 bits per heavy atom. The van der Waals surface area contributed by atoms with Crippen LogP contribution in [0.3, 0.4) is 0 Å². The van der Waals surface area contributed by atoms with Gasteiger partial charge in [-0.05, 0) is 32.9 Å². The van der Waals surface area contributed by atoms with Gasteiger partial charge in [0.05, 0.1) is 0 Å². The molecule has 0 atom stereocenters. The Bertz CT molecular complexity index is 500. The molecule has 0 spiro atoms. The van der Waals surface area contributed by atoms with Crippen LogP contribution in [0.1, 0.15) is 20.8 Å². The molecule has 0 amide bonds. The second-order valence-electron chi connectivity index (χ2n) is 3.27. The molecule has 0 saturated heterocycles. The van der Waals surface area contributed by atoms with Crippen molar-refractivity contribution in [2.75, 3.05) is 0 Å². The first kappa shape index (κ1) is 10.5. The van der Waals surface area contributed by atoms with Crippen LogP contribution in [0.25, 0.3) is 12.2 Å². The lowest BCUT2D eigenvalue weighted by Gasteiger charge is -1.87. The van der Waals surface area contributed by atoms with Crippen molar-refractivity contribution < 1.29 is 4.42 Å². The summed E-state index contributed by atoms with van der Waals surface area (Å²) < 4.78 is 5.02. The first-order valence-electron chi connectivity index (χ1n) is 4.55. The maximum absolute atomic E-state index is 10.9. The second kappa shape index (κ2) is 4.61. The van der Waals surface area contributed by atoms with Gasteiger partial charge in [0, 0.05) is 11.3 Å². The van der Waals surface area contributed by atoms with Gasteiger partial charge < -0.3 is 4.42 Å². The molecule has 0 aliphatic carbocycles. The average molecular weight is 190 g/mol. The highest BCUT2D eigenvalue weighted by Gasteiger charge is 1.87. The number of hydrogen-bond donors (Lipinski definition) is 0. The fourth-order valence-electron chi connectivity index (χ4n) is 1.06. The fourth-order valence-corrected chi connectivity index (χ4v) is 1.06. The zero-order valence-electron chi connectivity index (χ0n) is 8.70. The maximum atomic E-state index is 10.9. The fraction of sp³-hybridized carbons (Fsp3) is 0.250. The van der Waals surface area contributed by atoms with Gasteiger partial charge in [0.2, 0.25) is 0 Å². The third-order valence-corrected chi connectivity index (χ3v) is 1.75. The topological polar surface area (TPSA) is 30.2 Å². The molecule has 0 unspecified atom stereocenters. The summed E-state index contributed by atoms with van der Waals surface area (Å²) in [7, 11) is 0. The molecule has 0 aliphatic rings. The van der Waals surface area contributed by atoms with Gasteiger partial charge in [0.15, 0.2) is 0 Å². The molecule has 0 radical (unpaired) electrons. The minimum absolute atomic E-state index is 0.313. The molecule has 0 aliphatic heterocycles. The lowest BCUT2D eigenvalue weighted by molar-refractivity contribution is 0.473. The Hall–Kier alpha value is -1.57. The van der Waals surface area contributed by atoms with Crippen molar-refractivity contribution in [2.45, 2.75) is 20.8 Å². The van der Waals surface area contributed by atoms with Gasteiger partial charge in [-0.15, -0.1) is 0 Å². The van der Waals surface area contributed by atoms with Crippen molar-refractivity contribution in [3.05, 3.63) is 44.8 Å². The second-order valence-corrected chi connectivity index (χ2v) is 3.27. The largest absolute Gasteiger partial charge is 0.423 e. The lowest BCUT2D eigenvalue weighted by atomic mass is 10.2. The van der Waals surface area contributed by atoms with E-state index in [2.05, 4.69) is 0 Å². The van der Waals surface area contributed by atoms with E-state index in [4.69, 9.17) is 4.42 Å². The molecular formula is C12H14O2. The first-order chi connectivity index (χ1) is 6.63. The summed E-state index contributed by atoms with van der Waals surface area (Å²) in [6.45, 7) is 5.88. The van der Waals surface area contributed by atoms with Crippen LogP contribution in [-0.4, -0.2) is 0 Å². The number of rotatable bonds is 1. The van der Waals surface area contributed by atoms with Crippen molar-refractivity contribution in [1.82, 2.24) is 0 Å². The molecule has 14 heavy (non-hydrogen) atoms. The molecule has 0 saturated carbocycles. The van der Waals surface area contributed by atoms with Crippen molar-refractivity contribution >= 4 is 12.2 Å². The van der Waals surface area contributed by atoms with Crippen LogP contribution in [0, 0.1) is 0 Å². The molecule has 1 heterocycles. The molecule has 1 aromatic rings. The first-order valence-corrected chi connectivity index (χ1v) is 4.55. The molecule has 2 heteroatoms. The third-order valence-electron chi connectivity index (χ3n) is 1.75. The Balaban J connectivity index is 3.44. The summed E-state index contributed by atoms with van der Waals surface area (Å²) in [5.41, 5.74) is 1.51. The van der Waals surface area contributed by atoms with E-state index in [1.54, 1.807) is 12.1 Å². The van der Waals surface area contributed by atoms with Crippen molar-refractivity contribution in [2.24, 2.45) is 0 Å². The van der Waals surface area contributed by atoms with Crippen LogP contribution >= 0.6 is 0 Å². The van der Waals surface area contributed by atoms with Gasteiger partial charge in [0.25, 0.3) is 0 Å². The zero-order chi connectivity index (χ0) is 10.6. The Kier molecular flexibility index (Phi) is 3.46. The Morgan fingerprint density at radius 2 is 2.07 bits per heavy atom. The highest BCUT2D eigenvalue weighted by atomic mass is 16.4. The monoisotopic (exact) mass is 190 g/mol. The molecule has 1 rings (SSSR count). The van der Waals surface area contributed by atoms with Crippen molar-refractivity contribution in [3.8, 4) is 0 Å². The van der Waals surface area contributed by atoms with Crippen molar-refractivity contribution in [3.63, 3.8) is 0 Å². The molecule has 2 nitrogen and oxygen atoms in total. The van der Waals surface area contributed by atoms with E-state index in [-0.39, 0.29) is 5.63 Å². The summed E-state index contributed by atoms with van der Waals surface area (Å²) in [4.78, 5) is 10.9. The van der Waals surface area contributed by atoms with E-state index in [9.17, 15) is 4.79 Å². The summed E-state index contributed by atoms with van der Waals surface area (Å²) >= 11 is 0. The Morgan fingerprint density at radius 1 is 1.36 bits per heavy atom. The minimum atomic E-state index is -0.313. The third kappa shape index (κ3) is 2.73. The van der Waals surface area contributed by atoms with Gasteiger partial charge in [-0.1, -0.05) is 17.7 Å². The van der Waals surface area contributed by atoms with Gasteiger partial charge in [0.1, 0.15) is 5.42 Å². The van der Waals surface area contributed by atoms with Crippen molar-refractivity contribution in [1.29, 1.82) is 0 Å². The average Bonchev–Trinajstić information content (AvgIpc) is 2.15. The summed E-state index contributed by atoms with van der Waals surface area (Å²) in [5.74, 6) is 0. The van der Waals surface area contributed by atoms with E-state index in [0.717, 1.165) is 5.22 Å². The minimum Gasteiger partial charge on any atom is -0.423 e. The lowest BCUT2D eigenvalue weighted by Crippen LogP contribution is -2.27. The smallest absolute Gasteiger partial charge is 0.336 e. The van der Waals surface area contributed by atoms with E-state index < -0.39 is 0 Å². The summed E-state index contributed by atoms with van der Waals surface area (Å²) in [5, 5.41) is 0.924. The number of allylic oxidation sites excluding steroid dienone is 2. The Labute approximate surface area is 82.9 Å². The van der Waals surface area contributed by atoms with Gasteiger partial charge >= 0.3 is 5.63 Å². The normalized spacial score (nSPS) is 13.1. The summed E-state index contributed by atoms with van der Waals surface area (Å²) in [6.07, 6.45) is 5.71. The van der Waals surface area contributed by atoms with Gasteiger partial charge in [-0.3, -0.25) is 0 Å². The van der Waals surface area contributed by atoms with Crippen LogP contribution in [0.4, 0.5) is 0 Å². The molecule has 0 bridgehead atoms. The SMILES string of the molecule is C/C=c1/oc(=O)cc/c1=C/C=C(C)C. The van der Waals surface area contributed by atoms with E-state index >= 15 is 0 Å². The van der Waals surface area contributed by atoms with Crippen LogP contribution in [0.2, 0.25) is 0 Å². The summed E-state index contributed by atoms with van der Waals surface area (Å²) in [6, 6.07) is 3.19. The molecule has 0 N–H and O–H groups in total. The molecule has 74 valence electrons. The molecular weight excluding hydrogens is 176 g/mol. The van der Waals surface area contributed by atoms with Crippen LogP contribution in [-0.2, 0) is 0 Å². The zero-order valence-corrected chi connectivity index (χ0v) is 8.70. The molecule has 0 aromatic carbocycles. The van der Waals surface area contributed by atoms with E-state index in [0.29, 0.717) is 5.42 Å². The number of hydrogen-bond acceptors (Lipinski definition) is 2. The van der Waals surface area contributed by atoms with Crippen LogP contribution in [0.5, 0.6) is 0 Å². The van der Waals surface area contributed by atoms with Gasteiger partial charge in [-0.2, -0.15) is 0 Å². The maximum Gasteiger partial charge on any atom is 0.336 e. The predicted molar refractivity (Wildman–Crippen MR) is 58.3 cm³/mol. The highest BCUT2D eigenvalue weighted by Crippen LogP contribution is 1.86. The van der Waals surface area contributed by atoms with Crippen LogP contribution < -0.4 is 16.3 Å². The highest BCUT2D eigenvalue weighted by molar-refractivity contribution is 5.38. The quantitative estimate of drug-likeness (QED) is 0.665.